The van der Waals surface area contributed by atoms with Crippen molar-refractivity contribution in [1.29, 1.82) is 0 Å². The molecule has 0 bridgehead atoms. The fraction of sp³-hybridized carbons (Fsp3) is 0.440. The van der Waals surface area contributed by atoms with E-state index in [1.54, 1.807) is 11.9 Å². The van der Waals surface area contributed by atoms with Crippen molar-refractivity contribution in [2.45, 2.75) is 52.2 Å². The lowest BCUT2D eigenvalue weighted by Crippen LogP contribution is -2.66. The van der Waals surface area contributed by atoms with Gasteiger partial charge in [-0.1, -0.05) is 30.3 Å². The molecule has 0 radical (unpaired) electrons. The molecular formula is C25H31N5O2. The number of rotatable bonds is 3. The van der Waals surface area contributed by atoms with Gasteiger partial charge in [-0.3, -0.25) is 19.9 Å². The summed E-state index contributed by atoms with van der Waals surface area (Å²) in [6.07, 6.45) is 0.524. The van der Waals surface area contributed by atoms with E-state index in [4.69, 9.17) is 0 Å². The minimum atomic E-state index is -0.388. The Kier molecular flexibility index (Phi) is 5.18. The van der Waals surface area contributed by atoms with E-state index in [-0.39, 0.29) is 30.4 Å². The summed E-state index contributed by atoms with van der Waals surface area (Å²) in [5.41, 5.74) is 5.75. The monoisotopic (exact) mass is 433 g/mol. The number of hydrogen-bond donors (Lipinski definition) is 1. The number of fused-ring (bicyclic) bond motifs is 3. The molecule has 0 aliphatic carbocycles. The van der Waals surface area contributed by atoms with Gasteiger partial charge < -0.3 is 9.80 Å². The van der Waals surface area contributed by atoms with E-state index in [0.29, 0.717) is 6.54 Å². The van der Waals surface area contributed by atoms with Crippen LogP contribution >= 0.6 is 0 Å². The second-order valence-electron chi connectivity index (χ2n) is 9.23. The summed E-state index contributed by atoms with van der Waals surface area (Å²) >= 11 is 0. The van der Waals surface area contributed by atoms with E-state index in [9.17, 15) is 9.59 Å². The summed E-state index contributed by atoms with van der Waals surface area (Å²) in [5, 5.41) is 3.59. The molecule has 1 N–H and O–H groups in total. The van der Waals surface area contributed by atoms with Crippen LogP contribution in [0.1, 0.15) is 28.7 Å². The molecule has 3 aliphatic rings. The van der Waals surface area contributed by atoms with Gasteiger partial charge in [-0.15, -0.1) is 0 Å². The molecule has 3 heterocycles. The number of aryl methyl sites for hydroxylation is 3. The van der Waals surface area contributed by atoms with Crippen molar-refractivity contribution in [2.24, 2.45) is 0 Å². The normalized spacial score (nSPS) is 25.9. The van der Waals surface area contributed by atoms with Gasteiger partial charge in [0.05, 0.1) is 6.54 Å². The SMILES string of the molecule is Cc1ccc(N2CCCN3C4C(=O)N(Cc5ccccc5C)C(=O)N(C)C4NC23)cc1C. The summed E-state index contributed by atoms with van der Waals surface area (Å²) in [5.74, 6) is -0.113. The van der Waals surface area contributed by atoms with Gasteiger partial charge in [0.1, 0.15) is 18.5 Å². The first-order valence-electron chi connectivity index (χ1n) is 11.3. The third-order valence-electron chi connectivity index (χ3n) is 7.28. The van der Waals surface area contributed by atoms with Crippen LogP contribution in [0.25, 0.3) is 0 Å². The van der Waals surface area contributed by atoms with E-state index < -0.39 is 0 Å². The lowest BCUT2D eigenvalue weighted by Gasteiger charge is -2.44. The molecule has 3 fully saturated rings. The Hall–Kier alpha value is -2.90. The number of carbonyl (C=O) groups is 2. The fourth-order valence-corrected chi connectivity index (χ4v) is 5.19. The molecule has 32 heavy (non-hydrogen) atoms. The van der Waals surface area contributed by atoms with Gasteiger partial charge in [0, 0.05) is 25.8 Å². The molecule has 2 aromatic carbocycles. The van der Waals surface area contributed by atoms with Gasteiger partial charge in [0.25, 0.3) is 5.91 Å². The average molecular weight is 434 g/mol. The number of anilines is 1. The van der Waals surface area contributed by atoms with Crippen LogP contribution in [-0.4, -0.2) is 65.3 Å². The second-order valence-corrected chi connectivity index (χ2v) is 9.23. The first kappa shape index (κ1) is 21.0. The lowest BCUT2D eigenvalue weighted by molar-refractivity contribution is -0.139. The van der Waals surface area contributed by atoms with Gasteiger partial charge in [0.2, 0.25) is 0 Å². The summed E-state index contributed by atoms with van der Waals surface area (Å²) in [4.78, 5) is 34.5. The molecule has 5 rings (SSSR count). The van der Waals surface area contributed by atoms with Crippen molar-refractivity contribution in [1.82, 2.24) is 20.0 Å². The molecule has 0 aromatic heterocycles. The summed E-state index contributed by atoms with van der Waals surface area (Å²) in [6, 6.07) is 13.8. The van der Waals surface area contributed by atoms with Gasteiger partial charge >= 0.3 is 6.03 Å². The molecule has 3 aliphatic heterocycles. The highest BCUT2D eigenvalue weighted by atomic mass is 16.2. The number of amides is 3. The number of imide groups is 1. The zero-order chi connectivity index (χ0) is 22.6. The number of benzene rings is 2. The molecule has 7 heteroatoms. The molecule has 7 nitrogen and oxygen atoms in total. The van der Waals surface area contributed by atoms with Crippen molar-refractivity contribution < 1.29 is 9.59 Å². The summed E-state index contributed by atoms with van der Waals surface area (Å²) in [6.45, 7) is 8.30. The first-order chi connectivity index (χ1) is 15.4. The van der Waals surface area contributed by atoms with Crippen LogP contribution in [0.5, 0.6) is 0 Å². The fourth-order valence-electron chi connectivity index (χ4n) is 5.19. The summed E-state index contributed by atoms with van der Waals surface area (Å²) in [7, 11) is 1.79. The average Bonchev–Trinajstić information content (AvgIpc) is 3.18. The van der Waals surface area contributed by atoms with Crippen molar-refractivity contribution in [3.05, 3.63) is 64.7 Å². The van der Waals surface area contributed by atoms with Crippen molar-refractivity contribution >= 4 is 17.6 Å². The zero-order valence-electron chi connectivity index (χ0n) is 19.2. The Balaban J connectivity index is 1.45. The maximum absolute atomic E-state index is 13.7. The van der Waals surface area contributed by atoms with Crippen molar-refractivity contribution in [2.75, 3.05) is 25.0 Å². The van der Waals surface area contributed by atoms with Crippen LogP contribution in [0.15, 0.2) is 42.5 Å². The number of carbonyl (C=O) groups excluding carboxylic acids is 2. The molecular weight excluding hydrogens is 402 g/mol. The highest BCUT2D eigenvalue weighted by molar-refractivity contribution is 6.00. The maximum atomic E-state index is 13.7. The van der Waals surface area contributed by atoms with Crippen LogP contribution in [0.3, 0.4) is 0 Å². The molecule has 3 amide bonds. The van der Waals surface area contributed by atoms with Crippen LogP contribution in [0.4, 0.5) is 10.5 Å². The third kappa shape index (κ3) is 3.27. The van der Waals surface area contributed by atoms with Crippen LogP contribution < -0.4 is 10.2 Å². The van der Waals surface area contributed by atoms with Crippen LogP contribution in [-0.2, 0) is 11.3 Å². The molecule has 3 unspecified atom stereocenters. The third-order valence-corrected chi connectivity index (χ3v) is 7.28. The molecule has 2 aromatic rings. The van der Waals surface area contributed by atoms with Gasteiger partial charge in [0.15, 0.2) is 0 Å². The van der Waals surface area contributed by atoms with E-state index in [0.717, 1.165) is 36.3 Å². The Morgan fingerprint density at radius 3 is 2.50 bits per heavy atom. The number of nitrogens with one attached hydrogen (secondary N) is 1. The topological polar surface area (TPSA) is 59.1 Å². The number of hydrogen-bond acceptors (Lipinski definition) is 5. The number of nitrogens with zero attached hydrogens (tertiary/aromatic N) is 4. The molecule has 3 saturated heterocycles. The maximum Gasteiger partial charge on any atom is 0.328 e. The Morgan fingerprint density at radius 2 is 1.75 bits per heavy atom. The van der Waals surface area contributed by atoms with Crippen molar-refractivity contribution in [3.63, 3.8) is 0 Å². The standard InChI is InChI=1S/C25H31N5O2/c1-16-10-11-20(14-18(16)3)28-12-7-13-29-21-22(26-24(28)29)27(4)25(32)30(23(21)31)15-19-9-6-5-8-17(19)2/h5-6,8-11,14,21-22,24,26H,7,12-13,15H2,1-4H3. The minimum Gasteiger partial charge on any atom is -0.343 e. The lowest BCUT2D eigenvalue weighted by atomic mass is 10.1. The van der Waals surface area contributed by atoms with Crippen LogP contribution in [0, 0.1) is 20.8 Å². The Bertz CT molecular complexity index is 1070. The second kappa shape index (κ2) is 7.90. The zero-order valence-corrected chi connectivity index (χ0v) is 19.2. The quantitative estimate of drug-likeness (QED) is 0.807. The molecule has 3 atom stereocenters. The smallest absolute Gasteiger partial charge is 0.328 e. The van der Waals surface area contributed by atoms with Gasteiger partial charge in [-0.05, 0) is 61.6 Å². The largest absolute Gasteiger partial charge is 0.343 e. The van der Waals surface area contributed by atoms with Gasteiger partial charge in [-0.25, -0.2) is 4.79 Å². The Labute approximate surface area is 189 Å². The molecule has 0 spiro atoms. The van der Waals surface area contributed by atoms with E-state index in [2.05, 4.69) is 47.2 Å². The van der Waals surface area contributed by atoms with E-state index >= 15 is 0 Å². The predicted octanol–water partition coefficient (Wildman–Crippen LogP) is 2.80. The Morgan fingerprint density at radius 1 is 0.969 bits per heavy atom. The van der Waals surface area contributed by atoms with Crippen molar-refractivity contribution in [3.8, 4) is 0 Å². The van der Waals surface area contributed by atoms with Gasteiger partial charge in [-0.2, -0.15) is 0 Å². The highest BCUT2D eigenvalue weighted by Crippen LogP contribution is 2.34. The predicted molar refractivity (Wildman–Crippen MR) is 124 cm³/mol. The number of urea groups is 1. The highest BCUT2D eigenvalue weighted by Gasteiger charge is 2.56. The van der Waals surface area contributed by atoms with E-state index in [1.807, 2.05) is 31.2 Å². The molecule has 0 saturated carbocycles. The molecule has 168 valence electrons. The minimum absolute atomic E-state index is 0.113. The summed E-state index contributed by atoms with van der Waals surface area (Å²) < 4.78 is 0. The van der Waals surface area contributed by atoms with E-state index in [1.165, 1.54) is 16.0 Å². The number of likely N-dealkylation sites (N-methyl/N-ethyl adjacent to an activating group) is 1. The first-order valence-corrected chi connectivity index (χ1v) is 11.3. The van der Waals surface area contributed by atoms with Crippen LogP contribution in [0.2, 0.25) is 0 Å².